The highest BCUT2D eigenvalue weighted by Crippen LogP contribution is 2.17. The summed E-state index contributed by atoms with van der Waals surface area (Å²) in [4.78, 5) is 0. The van der Waals surface area contributed by atoms with E-state index in [4.69, 9.17) is 0 Å². The Kier molecular flexibility index (Phi) is 8.22. The van der Waals surface area contributed by atoms with E-state index in [2.05, 4.69) is 10.6 Å². The van der Waals surface area contributed by atoms with Crippen molar-refractivity contribution >= 4 is 0 Å². The van der Waals surface area contributed by atoms with Crippen molar-refractivity contribution in [3.63, 3.8) is 0 Å². The lowest BCUT2D eigenvalue weighted by atomic mass is 10.0. The molecule has 0 radical (unpaired) electrons. The molecule has 0 fully saturated rings. The van der Waals surface area contributed by atoms with Gasteiger partial charge < -0.3 is 26.0 Å². The Bertz CT molecular complexity index is 568. The standard InChI is InChI=1S/C21H30N2O3/c1-15(20(25)17-9-5-3-6-10-17)22-13-19(24)14-23-16(2)21(26)18-11-7-4-8-12-18/h3-12,15-16,19-26H,13-14H2,1-2H3. The normalized spacial score (nSPS) is 17.3. The first-order valence-corrected chi connectivity index (χ1v) is 9.10. The molecule has 0 spiro atoms. The van der Waals surface area contributed by atoms with Gasteiger partial charge in [0.25, 0.3) is 0 Å². The van der Waals surface area contributed by atoms with Crippen LogP contribution in [0.15, 0.2) is 60.7 Å². The van der Waals surface area contributed by atoms with Crippen LogP contribution in [-0.4, -0.2) is 46.6 Å². The van der Waals surface area contributed by atoms with Crippen molar-refractivity contribution in [2.45, 2.75) is 44.2 Å². The molecule has 0 heterocycles. The van der Waals surface area contributed by atoms with Crippen LogP contribution in [0.5, 0.6) is 0 Å². The first kappa shape index (κ1) is 20.6. The molecular weight excluding hydrogens is 328 g/mol. The van der Waals surface area contributed by atoms with Gasteiger partial charge in [0, 0.05) is 25.2 Å². The van der Waals surface area contributed by atoms with Crippen LogP contribution in [0.4, 0.5) is 0 Å². The maximum Gasteiger partial charge on any atom is 0.0940 e. The van der Waals surface area contributed by atoms with Crippen LogP contribution in [-0.2, 0) is 0 Å². The topological polar surface area (TPSA) is 84.8 Å². The Morgan fingerprint density at radius 1 is 0.654 bits per heavy atom. The van der Waals surface area contributed by atoms with Crippen LogP contribution < -0.4 is 10.6 Å². The molecule has 5 N–H and O–H groups in total. The van der Waals surface area contributed by atoms with Crippen molar-refractivity contribution in [1.82, 2.24) is 10.6 Å². The number of aliphatic hydroxyl groups is 3. The number of aliphatic hydroxyl groups excluding tert-OH is 3. The first-order valence-electron chi connectivity index (χ1n) is 9.10. The van der Waals surface area contributed by atoms with Gasteiger partial charge in [-0.05, 0) is 25.0 Å². The lowest BCUT2D eigenvalue weighted by molar-refractivity contribution is 0.102. The summed E-state index contributed by atoms with van der Waals surface area (Å²) in [5.74, 6) is 0. The van der Waals surface area contributed by atoms with Crippen LogP contribution in [0.25, 0.3) is 0 Å². The maximum absolute atomic E-state index is 10.3. The largest absolute Gasteiger partial charge is 0.390 e. The molecule has 26 heavy (non-hydrogen) atoms. The fraction of sp³-hybridized carbons (Fsp3) is 0.429. The predicted molar refractivity (Wildman–Crippen MR) is 104 cm³/mol. The van der Waals surface area contributed by atoms with Crippen LogP contribution in [0, 0.1) is 0 Å². The second-order valence-electron chi connectivity index (χ2n) is 6.76. The van der Waals surface area contributed by atoms with Crippen molar-refractivity contribution in [3.05, 3.63) is 71.8 Å². The molecule has 4 unspecified atom stereocenters. The third kappa shape index (κ3) is 6.20. The van der Waals surface area contributed by atoms with E-state index in [-0.39, 0.29) is 12.1 Å². The fourth-order valence-corrected chi connectivity index (χ4v) is 2.82. The molecule has 0 saturated carbocycles. The van der Waals surface area contributed by atoms with Crippen LogP contribution in [0.2, 0.25) is 0 Å². The minimum Gasteiger partial charge on any atom is -0.390 e. The highest BCUT2D eigenvalue weighted by molar-refractivity contribution is 5.19. The van der Waals surface area contributed by atoms with E-state index in [9.17, 15) is 15.3 Å². The summed E-state index contributed by atoms with van der Waals surface area (Å²) in [6.45, 7) is 4.48. The second kappa shape index (κ2) is 10.4. The van der Waals surface area contributed by atoms with Gasteiger partial charge in [0.15, 0.2) is 0 Å². The lowest BCUT2D eigenvalue weighted by Crippen LogP contribution is -2.44. The number of hydrogen-bond acceptors (Lipinski definition) is 5. The van der Waals surface area contributed by atoms with Gasteiger partial charge in [-0.15, -0.1) is 0 Å². The highest BCUT2D eigenvalue weighted by atomic mass is 16.3. The smallest absolute Gasteiger partial charge is 0.0940 e. The lowest BCUT2D eigenvalue weighted by Gasteiger charge is -2.25. The molecule has 2 aromatic rings. The zero-order valence-electron chi connectivity index (χ0n) is 15.4. The molecule has 0 aliphatic rings. The van der Waals surface area contributed by atoms with E-state index >= 15 is 0 Å². The third-order valence-corrected chi connectivity index (χ3v) is 4.58. The molecule has 0 amide bonds. The van der Waals surface area contributed by atoms with Crippen molar-refractivity contribution in [2.24, 2.45) is 0 Å². The molecule has 5 nitrogen and oxygen atoms in total. The number of rotatable bonds is 10. The average molecular weight is 358 g/mol. The quantitative estimate of drug-likeness (QED) is 0.447. The predicted octanol–water partition coefficient (Wildman–Crippen LogP) is 1.77. The zero-order chi connectivity index (χ0) is 18.9. The molecule has 4 atom stereocenters. The van der Waals surface area contributed by atoms with Gasteiger partial charge in [0.2, 0.25) is 0 Å². The minimum atomic E-state index is -0.629. The van der Waals surface area contributed by atoms with E-state index in [1.54, 1.807) is 0 Å². The monoisotopic (exact) mass is 358 g/mol. The molecule has 2 rings (SSSR count). The minimum absolute atomic E-state index is 0.181. The van der Waals surface area contributed by atoms with Crippen molar-refractivity contribution in [3.8, 4) is 0 Å². The summed E-state index contributed by atoms with van der Waals surface area (Å²) in [5, 5.41) is 37.1. The van der Waals surface area contributed by atoms with E-state index in [0.29, 0.717) is 13.1 Å². The van der Waals surface area contributed by atoms with Gasteiger partial charge >= 0.3 is 0 Å². The fourth-order valence-electron chi connectivity index (χ4n) is 2.82. The summed E-state index contributed by atoms with van der Waals surface area (Å²) >= 11 is 0. The Hall–Kier alpha value is -1.76. The van der Waals surface area contributed by atoms with E-state index in [0.717, 1.165) is 11.1 Å². The average Bonchev–Trinajstić information content (AvgIpc) is 2.70. The molecular formula is C21H30N2O3. The summed E-state index contributed by atoms with van der Waals surface area (Å²) in [7, 11) is 0. The van der Waals surface area contributed by atoms with Crippen LogP contribution in [0.1, 0.15) is 37.2 Å². The Balaban J connectivity index is 1.72. The molecule has 142 valence electrons. The van der Waals surface area contributed by atoms with E-state index in [1.165, 1.54) is 0 Å². The summed E-state index contributed by atoms with van der Waals surface area (Å²) in [6.07, 6.45) is -1.88. The number of hydrogen-bond donors (Lipinski definition) is 5. The van der Waals surface area contributed by atoms with Gasteiger partial charge in [-0.1, -0.05) is 60.7 Å². The first-order chi connectivity index (χ1) is 12.5. The zero-order valence-corrected chi connectivity index (χ0v) is 15.4. The number of benzene rings is 2. The molecule has 0 aromatic heterocycles. The third-order valence-electron chi connectivity index (χ3n) is 4.58. The molecule has 0 aliphatic carbocycles. The Morgan fingerprint density at radius 2 is 1.00 bits per heavy atom. The van der Waals surface area contributed by atoms with Crippen molar-refractivity contribution in [2.75, 3.05) is 13.1 Å². The Labute approximate surface area is 155 Å². The van der Waals surface area contributed by atoms with Gasteiger partial charge in [-0.3, -0.25) is 0 Å². The number of nitrogens with one attached hydrogen (secondary N) is 2. The van der Waals surface area contributed by atoms with Gasteiger partial charge in [0.05, 0.1) is 18.3 Å². The van der Waals surface area contributed by atoms with Gasteiger partial charge in [-0.25, -0.2) is 0 Å². The molecule has 0 bridgehead atoms. The summed E-state index contributed by atoms with van der Waals surface area (Å²) in [6, 6.07) is 18.6. The summed E-state index contributed by atoms with van der Waals surface area (Å²) in [5.41, 5.74) is 1.69. The van der Waals surface area contributed by atoms with Gasteiger partial charge in [-0.2, -0.15) is 0 Å². The second-order valence-corrected chi connectivity index (χ2v) is 6.76. The van der Waals surface area contributed by atoms with Crippen LogP contribution >= 0.6 is 0 Å². The molecule has 0 aliphatic heterocycles. The van der Waals surface area contributed by atoms with E-state index in [1.807, 2.05) is 74.5 Å². The van der Waals surface area contributed by atoms with Crippen molar-refractivity contribution < 1.29 is 15.3 Å². The highest BCUT2D eigenvalue weighted by Gasteiger charge is 2.19. The Morgan fingerprint density at radius 3 is 1.35 bits per heavy atom. The SMILES string of the molecule is CC(NCC(O)CNC(C)C(O)c1ccccc1)C(O)c1ccccc1. The summed E-state index contributed by atoms with van der Waals surface area (Å²) < 4.78 is 0. The van der Waals surface area contributed by atoms with Gasteiger partial charge in [0.1, 0.15) is 0 Å². The van der Waals surface area contributed by atoms with Crippen molar-refractivity contribution in [1.29, 1.82) is 0 Å². The van der Waals surface area contributed by atoms with E-state index < -0.39 is 18.3 Å². The van der Waals surface area contributed by atoms with Crippen LogP contribution in [0.3, 0.4) is 0 Å². The molecule has 0 saturated heterocycles. The maximum atomic E-state index is 10.3. The molecule has 5 heteroatoms. The molecule has 2 aromatic carbocycles.